The van der Waals surface area contributed by atoms with Crippen molar-refractivity contribution >= 4 is 6.09 Å². The van der Waals surface area contributed by atoms with Gasteiger partial charge in [0.15, 0.2) is 0 Å². The third-order valence-electron chi connectivity index (χ3n) is 4.47. The van der Waals surface area contributed by atoms with E-state index in [-0.39, 0.29) is 12.7 Å². The molecule has 0 spiro atoms. The Morgan fingerprint density at radius 2 is 2.04 bits per heavy atom. The molecule has 0 saturated heterocycles. The van der Waals surface area contributed by atoms with Crippen LogP contribution in [0.1, 0.15) is 49.7 Å². The second-order valence-electron chi connectivity index (χ2n) is 7.82. The smallest absolute Gasteiger partial charge is 0.410 e. The Bertz CT molecular complexity index is 885. The van der Waals surface area contributed by atoms with Crippen molar-refractivity contribution in [1.29, 1.82) is 0 Å². The Balaban J connectivity index is 1.68. The number of carbonyl (C=O) groups excluding carboxylic acids is 1. The lowest BCUT2D eigenvalue weighted by atomic mass is 10.1. The number of aliphatic hydroxyl groups excluding tert-OH is 1. The van der Waals surface area contributed by atoms with E-state index in [1.54, 1.807) is 4.90 Å². The van der Waals surface area contributed by atoms with Gasteiger partial charge in [0.25, 0.3) is 0 Å². The Kier molecular flexibility index (Phi) is 6.05. The van der Waals surface area contributed by atoms with Crippen LogP contribution >= 0.6 is 0 Å². The van der Waals surface area contributed by atoms with Crippen LogP contribution in [-0.2, 0) is 30.9 Å². The van der Waals surface area contributed by atoms with Crippen LogP contribution in [0.25, 0.3) is 0 Å². The number of hydrogen-bond acceptors (Lipinski definition) is 4. The Hall–Kier alpha value is -2.78. The van der Waals surface area contributed by atoms with Gasteiger partial charge in [-0.15, -0.1) is 0 Å². The summed E-state index contributed by atoms with van der Waals surface area (Å²) in [5, 5.41) is 14.5. The summed E-state index contributed by atoms with van der Waals surface area (Å²) in [6.07, 6.45) is 0.964. The van der Waals surface area contributed by atoms with Crippen molar-refractivity contribution in [3.8, 4) is 11.8 Å². The molecule has 0 saturated carbocycles. The van der Waals surface area contributed by atoms with Crippen LogP contribution in [0.15, 0.2) is 30.3 Å². The van der Waals surface area contributed by atoms with Crippen molar-refractivity contribution in [1.82, 2.24) is 14.7 Å². The van der Waals surface area contributed by atoms with Crippen LogP contribution in [0.4, 0.5) is 4.79 Å². The average molecular weight is 381 g/mol. The third-order valence-corrected chi connectivity index (χ3v) is 4.47. The largest absolute Gasteiger partial charge is 0.444 e. The number of aromatic nitrogens is 2. The van der Waals surface area contributed by atoms with Gasteiger partial charge < -0.3 is 14.7 Å². The third kappa shape index (κ3) is 4.93. The summed E-state index contributed by atoms with van der Waals surface area (Å²) in [6, 6.07) is 9.85. The van der Waals surface area contributed by atoms with Crippen molar-refractivity contribution in [2.75, 3.05) is 6.54 Å². The molecule has 0 fully saturated rings. The molecule has 6 nitrogen and oxygen atoms in total. The van der Waals surface area contributed by atoms with E-state index in [1.165, 1.54) is 0 Å². The summed E-state index contributed by atoms with van der Waals surface area (Å²) in [5.74, 6) is 6.29. The van der Waals surface area contributed by atoms with Crippen LogP contribution in [0.2, 0.25) is 0 Å². The molecule has 0 atom stereocenters. The molecule has 2 aromatic rings. The van der Waals surface area contributed by atoms with Gasteiger partial charge in [-0.2, -0.15) is 5.10 Å². The summed E-state index contributed by atoms with van der Waals surface area (Å²) in [5.41, 5.74) is 3.08. The topological polar surface area (TPSA) is 67.6 Å². The maximum Gasteiger partial charge on any atom is 0.410 e. The molecular weight excluding hydrogens is 354 g/mol. The second kappa shape index (κ2) is 8.49. The second-order valence-corrected chi connectivity index (χ2v) is 7.82. The molecule has 1 aliphatic heterocycles. The molecule has 1 aliphatic rings. The molecule has 1 aromatic heterocycles. The number of nitrogens with zero attached hydrogens (tertiary/aromatic N) is 3. The Labute approximate surface area is 166 Å². The molecular formula is C22H27N3O3. The fraction of sp³-hybridized carbons (Fsp3) is 0.455. The van der Waals surface area contributed by atoms with Crippen LogP contribution in [0, 0.1) is 11.8 Å². The molecule has 6 heteroatoms. The fourth-order valence-corrected chi connectivity index (χ4v) is 3.18. The lowest BCUT2D eigenvalue weighted by molar-refractivity contribution is 0.0222. The highest BCUT2D eigenvalue weighted by molar-refractivity contribution is 5.68. The molecule has 1 N–H and O–H groups in total. The first-order valence-electron chi connectivity index (χ1n) is 9.57. The van der Waals surface area contributed by atoms with Crippen molar-refractivity contribution in [3.05, 3.63) is 52.8 Å². The standard InChI is InChI=1S/C22H27N3O3/c1-22(2,3)28-21(27)24-14-12-19-18(15-24)20(16-26)25(23-19)13-8-7-11-17-9-5-4-6-10-17/h4-6,9-10,26H,8,12-16H2,1-3H3. The van der Waals surface area contributed by atoms with Gasteiger partial charge in [0, 0.05) is 30.5 Å². The molecule has 2 heterocycles. The zero-order chi connectivity index (χ0) is 20.1. The van der Waals surface area contributed by atoms with Gasteiger partial charge in [0.2, 0.25) is 0 Å². The van der Waals surface area contributed by atoms with E-state index >= 15 is 0 Å². The van der Waals surface area contributed by atoms with E-state index in [9.17, 15) is 9.90 Å². The van der Waals surface area contributed by atoms with Crippen LogP contribution in [0.5, 0.6) is 0 Å². The Morgan fingerprint density at radius 1 is 1.29 bits per heavy atom. The number of rotatable bonds is 3. The summed E-state index contributed by atoms with van der Waals surface area (Å²) in [4.78, 5) is 14.0. The summed E-state index contributed by atoms with van der Waals surface area (Å²) < 4.78 is 7.30. The van der Waals surface area contributed by atoms with E-state index in [1.807, 2.05) is 55.8 Å². The summed E-state index contributed by atoms with van der Waals surface area (Å²) in [6.45, 7) is 7.04. The highest BCUT2D eigenvalue weighted by atomic mass is 16.6. The molecule has 0 bridgehead atoms. The molecule has 148 valence electrons. The van der Waals surface area contributed by atoms with Gasteiger partial charge in [-0.25, -0.2) is 4.79 Å². The van der Waals surface area contributed by atoms with Gasteiger partial charge in [-0.3, -0.25) is 4.68 Å². The number of benzene rings is 1. The number of aliphatic hydroxyl groups is 1. The number of ether oxygens (including phenoxy) is 1. The number of carbonyl (C=O) groups is 1. The highest BCUT2D eigenvalue weighted by Crippen LogP contribution is 2.24. The van der Waals surface area contributed by atoms with E-state index in [0.29, 0.717) is 32.5 Å². The predicted octanol–water partition coefficient (Wildman–Crippen LogP) is 3.11. The highest BCUT2D eigenvalue weighted by Gasteiger charge is 2.29. The maximum absolute atomic E-state index is 12.4. The zero-order valence-electron chi connectivity index (χ0n) is 16.7. The number of aryl methyl sites for hydroxylation is 1. The van der Waals surface area contributed by atoms with Crippen LogP contribution in [-0.4, -0.2) is 38.0 Å². The van der Waals surface area contributed by atoms with Gasteiger partial charge in [0.1, 0.15) is 5.60 Å². The predicted molar refractivity (Wildman–Crippen MR) is 106 cm³/mol. The van der Waals surface area contributed by atoms with Crippen molar-refractivity contribution < 1.29 is 14.6 Å². The first-order chi connectivity index (χ1) is 13.4. The van der Waals surface area contributed by atoms with Gasteiger partial charge in [0.05, 0.1) is 31.1 Å². The first kappa shape index (κ1) is 20.0. The van der Waals surface area contributed by atoms with Crippen molar-refractivity contribution in [2.24, 2.45) is 0 Å². The van der Waals surface area contributed by atoms with Gasteiger partial charge in [-0.1, -0.05) is 30.0 Å². The number of hydrogen-bond donors (Lipinski definition) is 1. The van der Waals surface area contributed by atoms with Crippen molar-refractivity contribution in [3.63, 3.8) is 0 Å². The minimum atomic E-state index is -0.529. The molecule has 0 aliphatic carbocycles. The summed E-state index contributed by atoms with van der Waals surface area (Å²) in [7, 11) is 0. The Morgan fingerprint density at radius 3 is 2.71 bits per heavy atom. The minimum Gasteiger partial charge on any atom is -0.444 e. The van der Waals surface area contributed by atoms with Gasteiger partial charge in [-0.05, 0) is 32.9 Å². The fourth-order valence-electron chi connectivity index (χ4n) is 3.18. The van der Waals surface area contributed by atoms with E-state index in [0.717, 1.165) is 22.5 Å². The quantitative estimate of drug-likeness (QED) is 0.830. The van der Waals surface area contributed by atoms with Crippen molar-refractivity contribution in [2.45, 2.75) is 58.9 Å². The van der Waals surface area contributed by atoms with E-state index in [2.05, 4.69) is 16.9 Å². The molecule has 1 aromatic carbocycles. The molecule has 0 radical (unpaired) electrons. The SMILES string of the molecule is CC(C)(C)OC(=O)N1CCc2nn(CCC#Cc3ccccc3)c(CO)c2C1. The monoisotopic (exact) mass is 381 g/mol. The zero-order valence-corrected chi connectivity index (χ0v) is 16.7. The van der Waals surface area contributed by atoms with Gasteiger partial charge >= 0.3 is 6.09 Å². The molecule has 3 rings (SSSR count). The lowest BCUT2D eigenvalue weighted by Gasteiger charge is -2.29. The maximum atomic E-state index is 12.4. The first-order valence-corrected chi connectivity index (χ1v) is 9.57. The normalized spacial score (nSPS) is 13.5. The lowest BCUT2D eigenvalue weighted by Crippen LogP contribution is -2.40. The minimum absolute atomic E-state index is 0.114. The molecule has 0 unspecified atom stereocenters. The van der Waals surface area contributed by atoms with Crippen LogP contribution in [0.3, 0.4) is 0 Å². The number of amides is 1. The summed E-state index contributed by atoms with van der Waals surface area (Å²) >= 11 is 0. The average Bonchev–Trinajstić information content (AvgIpc) is 3.01. The van der Waals surface area contributed by atoms with E-state index < -0.39 is 5.60 Å². The van der Waals surface area contributed by atoms with Crippen LogP contribution < -0.4 is 0 Å². The molecule has 1 amide bonds. The number of fused-ring (bicyclic) bond motifs is 1. The molecule has 28 heavy (non-hydrogen) atoms. The van der Waals surface area contributed by atoms with E-state index in [4.69, 9.17) is 4.74 Å².